The number of benzene rings is 1. The summed E-state index contributed by atoms with van der Waals surface area (Å²) < 4.78 is 7.61. The van der Waals surface area contributed by atoms with Gasteiger partial charge in [0.2, 0.25) is 0 Å². The molecule has 0 radical (unpaired) electrons. The van der Waals surface area contributed by atoms with Crippen LogP contribution in [0.2, 0.25) is 0 Å². The lowest BCUT2D eigenvalue weighted by molar-refractivity contribution is 0.283. The molecule has 0 aliphatic heterocycles. The number of ether oxygens (including phenoxy) is 1. The van der Waals surface area contributed by atoms with Crippen molar-refractivity contribution in [1.82, 2.24) is 15.1 Å². The second-order valence-corrected chi connectivity index (χ2v) is 9.73. The predicted molar refractivity (Wildman–Crippen MR) is 126 cm³/mol. The quantitative estimate of drug-likeness (QED) is 0.618. The molecule has 1 atom stereocenters. The van der Waals surface area contributed by atoms with Crippen molar-refractivity contribution in [2.45, 2.75) is 69.4 Å². The van der Waals surface area contributed by atoms with Gasteiger partial charge in [0.1, 0.15) is 5.75 Å². The normalized spacial score (nSPS) is 28.1. The fraction of sp³-hybridized carbons (Fsp3) is 0.519. The summed E-state index contributed by atoms with van der Waals surface area (Å²) in [5, 5.41) is 8.63. The van der Waals surface area contributed by atoms with E-state index >= 15 is 0 Å². The molecule has 0 saturated heterocycles. The Morgan fingerprint density at radius 1 is 1.13 bits per heavy atom. The molecule has 0 bridgehead atoms. The van der Waals surface area contributed by atoms with Crippen molar-refractivity contribution in [3.63, 3.8) is 0 Å². The van der Waals surface area contributed by atoms with Crippen molar-refractivity contribution in [3.8, 4) is 5.75 Å². The molecule has 5 rings (SSSR count). The SMILES string of the molecule is COc1ccc(C2CCC(CNC3(c4cnn(C5CC5)c4)C=CC=CC3)CC2)cc1C. The first-order valence-electron chi connectivity index (χ1n) is 12.0. The van der Waals surface area contributed by atoms with Crippen molar-refractivity contribution < 1.29 is 4.74 Å². The number of nitrogens with zero attached hydrogens (tertiary/aromatic N) is 2. The lowest BCUT2D eigenvalue weighted by Crippen LogP contribution is -2.43. The Balaban J connectivity index is 1.20. The highest BCUT2D eigenvalue weighted by molar-refractivity contribution is 5.38. The first-order chi connectivity index (χ1) is 15.2. The zero-order valence-electron chi connectivity index (χ0n) is 18.9. The minimum absolute atomic E-state index is 0.105. The van der Waals surface area contributed by atoms with Gasteiger partial charge in [-0.15, -0.1) is 0 Å². The van der Waals surface area contributed by atoms with E-state index in [1.54, 1.807) is 7.11 Å². The van der Waals surface area contributed by atoms with E-state index < -0.39 is 0 Å². The largest absolute Gasteiger partial charge is 0.496 e. The van der Waals surface area contributed by atoms with Crippen LogP contribution in [0.4, 0.5) is 0 Å². The van der Waals surface area contributed by atoms with Crippen molar-refractivity contribution in [2.24, 2.45) is 5.92 Å². The molecule has 1 heterocycles. The van der Waals surface area contributed by atoms with E-state index in [0.29, 0.717) is 12.0 Å². The topological polar surface area (TPSA) is 39.1 Å². The zero-order valence-corrected chi connectivity index (χ0v) is 18.9. The Hall–Kier alpha value is -2.33. The summed E-state index contributed by atoms with van der Waals surface area (Å²) in [4.78, 5) is 0. The van der Waals surface area contributed by atoms with Crippen LogP contribution < -0.4 is 10.1 Å². The molecule has 3 aliphatic rings. The van der Waals surface area contributed by atoms with Gasteiger partial charge in [0.25, 0.3) is 0 Å². The number of hydrogen-bond acceptors (Lipinski definition) is 3. The van der Waals surface area contributed by atoms with Crippen molar-refractivity contribution >= 4 is 0 Å². The summed E-state index contributed by atoms with van der Waals surface area (Å²) in [6.07, 6.45) is 22.0. The number of rotatable bonds is 7. The van der Waals surface area contributed by atoms with E-state index in [0.717, 1.165) is 24.6 Å². The van der Waals surface area contributed by atoms with E-state index in [4.69, 9.17) is 4.74 Å². The molecule has 1 aromatic heterocycles. The lowest BCUT2D eigenvalue weighted by atomic mass is 9.77. The van der Waals surface area contributed by atoms with E-state index in [-0.39, 0.29) is 5.54 Å². The number of aromatic nitrogens is 2. The second-order valence-electron chi connectivity index (χ2n) is 9.73. The van der Waals surface area contributed by atoms with Crippen molar-refractivity contribution in [3.05, 3.63) is 71.6 Å². The average Bonchev–Trinajstić information content (AvgIpc) is 3.54. The van der Waals surface area contributed by atoms with Crippen LogP contribution in [0.25, 0.3) is 0 Å². The summed E-state index contributed by atoms with van der Waals surface area (Å²) in [5.74, 6) is 2.42. The first-order valence-corrected chi connectivity index (χ1v) is 12.0. The Labute approximate surface area is 186 Å². The maximum atomic E-state index is 5.43. The Morgan fingerprint density at radius 2 is 1.97 bits per heavy atom. The molecule has 1 N–H and O–H groups in total. The van der Waals surface area contributed by atoms with E-state index in [2.05, 4.69) is 76.9 Å². The summed E-state index contributed by atoms with van der Waals surface area (Å²) in [6, 6.07) is 7.35. The van der Waals surface area contributed by atoms with Gasteiger partial charge >= 0.3 is 0 Å². The fourth-order valence-electron chi connectivity index (χ4n) is 5.36. The minimum atomic E-state index is -0.105. The van der Waals surface area contributed by atoms with Crippen LogP contribution in [0.5, 0.6) is 5.75 Å². The monoisotopic (exact) mass is 417 g/mol. The van der Waals surface area contributed by atoms with E-state index in [1.807, 2.05) is 0 Å². The van der Waals surface area contributed by atoms with E-state index in [9.17, 15) is 0 Å². The molecule has 164 valence electrons. The molecule has 0 spiro atoms. The molecular formula is C27H35N3O. The molecule has 2 aromatic rings. The average molecular weight is 418 g/mol. The minimum Gasteiger partial charge on any atom is -0.496 e. The lowest BCUT2D eigenvalue weighted by Gasteiger charge is -2.36. The van der Waals surface area contributed by atoms with Crippen LogP contribution in [-0.2, 0) is 5.54 Å². The molecule has 1 unspecified atom stereocenters. The van der Waals surface area contributed by atoms with Crippen molar-refractivity contribution in [2.75, 3.05) is 13.7 Å². The summed E-state index contributed by atoms with van der Waals surface area (Å²) in [7, 11) is 1.75. The van der Waals surface area contributed by atoms with Crippen LogP contribution >= 0.6 is 0 Å². The highest BCUT2D eigenvalue weighted by Crippen LogP contribution is 2.39. The Kier molecular flexibility index (Phi) is 5.75. The summed E-state index contributed by atoms with van der Waals surface area (Å²) in [5.41, 5.74) is 3.93. The van der Waals surface area contributed by atoms with Crippen LogP contribution in [0, 0.1) is 12.8 Å². The molecule has 2 fully saturated rings. The van der Waals surface area contributed by atoms with Gasteiger partial charge in [0, 0.05) is 11.8 Å². The van der Waals surface area contributed by atoms with Gasteiger partial charge in [-0.2, -0.15) is 5.10 Å². The molecule has 4 nitrogen and oxygen atoms in total. The number of methoxy groups -OCH3 is 1. The predicted octanol–water partition coefficient (Wildman–Crippen LogP) is 5.81. The van der Waals surface area contributed by atoms with Crippen molar-refractivity contribution in [1.29, 1.82) is 0 Å². The highest BCUT2D eigenvalue weighted by atomic mass is 16.5. The third-order valence-electron chi connectivity index (χ3n) is 7.55. The number of aryl methyl sites for hydroxylation is 1. The Morgan fingerprint density at radius 3 is 2.65 bits per heavy atom. The second kappa shape index (κ2) is 8.66. The van der Waals surface area contributed by atoms with Gasteiger partial charge in [-0.25, -0.2) is 0 Å². The van der Waals surface area contributed by atoms with Gasteiger partial charge in [-0.3, -0.25) is 4.68 Å². The molecule has 4 heteroatoms. The van der Waals surface area contributed by atoms with Crippen LogP contribution in [0.1, 0.15) is 73.6 Å². The smallest absolute Gasteiger partial charge is 0.121 e. The highest BCUT2D eigenvalue weighted by Gasteiger charge is 2.34. The van der Waals surface area contributed by atoms with Crippen LogP contribution in [0.3, 0.4) is 0 Å². The molecule has 0 amide bonds. The third kappa shape index (κ3) is 4.36. The van der Waals surface area contributed by atoms with Gasteiger partial charge in [-0.1, -0.05) is 36.4 Å². The van der Waals surface area contributed by atoms with Gasteiger partial charge in [0.05, 0.1) is 24.9 Å². The van der Waals surface area contributed by atoms with Gasteiger partial charge in [-0.05, 0) is 87.4 Å². The number of hydrogen-bond donors (Lipinski definition) is 1. The summed E-state index contributed by atoms with van der Waals surface area (Å²) in [6.45, 7) is 3.22. The van der Waals surface area contributed by atoms with Gasteiger partial charge in [0.15, 0.2) is 0 Å². The maximum Gasteiger partial charge on any atom is 0.121 e. The molecule has 3 aliphatic carbocycles. The first kappa shape index (κ1) is 20.6. The number of allylic oxidation sites excluding steroid dienone is 2. The zero-order chi connectivity index (χ0) is 21.3. The molecule has 31 heavy (non-hydrogen) atoms. The standard InChI is InChI=1S/C27H35N3O/c1-20-16-23(10-13-26(20)31-2)22-8-6-21(7-9-22)17-28-27(14-4-3-5-15-27)24-18-29-30(19-24)25-11-12-25/h3-5,10,13-14,16,18-19,21-22,25,28H,6-9,11-12,15,17H2,1-2H3. The van der Waals surface area contributed by atoms with Crippen LogP contribution in [-0.4, -0.2) is 23.4 Å². The van der Waals surface area contributed by atoms with Gasteiger partial charge < -0.3 is 10.1 Å². The third-order valence-corrected chi connectivity index (χ3v) is 7.55. The van der Waals surface area contributed by atoms with Crippen LogP contribution in [0.15, 0.2) is 54.9 Å². The molecule has 1 aromatic carbocycles. The number of nitrogens with one attached hydrogen (secondary N) is 1. The molecular weight excluding hydrogens is 382 g/mol. The maximum absolute atomic E-state index is 5.43. The Bertz CT molecular complexity index is 963. The summed E-state index contributed by atoms with van der Waals surface area (Å²) >= 11 is 0. The fourth-order valence-corrected chi connectivity index (χ4v) is 5.36. The van der Waals surface area contributed by atoms with E-state index in [1.165, 1.54) is 55.2 Å². The molecule has 2 saturated carbocycles.